The van der Waals surface area contributed by atoms with Crippen LogP contribution in [0.15, 0.2) is 18.2 Å². The molecular weight excluding hydrogens is 345 g/mol. The van der Waals surface area contributed by atoms with Crippen LogP contribution in [0.3, 0.4) is 0 Å². The van der Waals surface area contributed by atoms with Gasteiger partial charge < -0.3 is 15.2 Å². The lowest BCUT2D eigenvalue weighted by Crippen LogP contribution is -2.31. The van der Waals surface area contributed by atoms with Crippen molar-refractivity contribution in [3.63, 3.8) is 0 Å². The van der Waals surface area contributed by atoms with Gasteiger partial charge in [0, 0.05) is 24.6 Å². The van der Waals surface area contributed by atoms with E-state index in [1.807, 2.05) is 29.5 Å². The number of nitrogens with one attached hydrogen (secondary N) is 1. The van der Waals surface area contributed by atoms with Crippen LogP contribution in [0.4, 0.5) is 0 Å². The molecule has 0 aliphatic carbocycles. The van der Waals surface area contributed by atoms with E-state index in [4.69, 9.17) is 4.74 Å². The number of hydrogen-bond donors (Lipinski definition) is 2. The average Bonchev–Trinajstić information content (AvgIpc) is 2.75. The van der Waals surface area contributed by atoms with Crippen molar-refractivity contribution in [2.75, 3.05) is 13.2 Å². The van der Waals surface area contributed by atoms with Crippen LogP contribution in [0.1, 0.15) is 23.7 Å². The quantitative estimate of drug-likeness (QED) is 0.812. The Morgan fingerprint density at radius 3 is 3.00 bits per heavy atom. The Bertz CT molecular complexity index is 450. The minimum Gasteiger partial charge on any atom is -0.507 e. The zero-order valence-corrected chi connectivity index (χ0v) is 12.3. The van der Waals surface area contributed by atoms with E-state index in [0.717, 1.165) is 16.6 Å². The fourth-order valence-electron chi connectivity index (χ4n) is 2.02. The molecule has 18 heavy (non-hydrogen) atoms. The van der Waals surface area contributed by atoms with Crippen molar-refractivity contribution in [1.82, 2.24) is 5.32 Å². The molecule has 98 valence electrons. The monoisotopic (exact) mass is 361 g/mol. The second-order valence-corrected chi connectivity index (χ2v) is 5.66. The van der Waals surface area contributed by atoms with Gasteiger partial charge in [0.05, 0.1) is 9.67 Å². The average molecular weight is 361 g/mol. The number of phenolic OH excluding ortho intramolecular Hbond substituents is 1. The molecule has 0 radical (unpaired) electrons. The molecule has 1 heterocycles. The van der Waals surface area contributed by atoms with Crippen molar-refractivity contribution in [3.05, 3.63) is 27.3 Å². The van der Waals surface area contributed by atoms with Gasteiger partial charge in [0.25, 0.3) is 5.91 Å². The molecule has 1 aromatic rings. The molecular formula is C13H16INO3. The van der Waals surface area contributed by atoms with Gasteiger partial charge in [-0.1, -0.05) is 0 Å². The van der Waals surface area contributed by atoms with Crippen LogP contribution in [0, 0.1) is 9.49 Å². The van der Waals surface area contributed by atoms with E-state index in [0.29, 0.717) is 18.0 Å². The zero-order chi connectivity index (χ0) is 13.1. The summed E-state index contributed by atoms with van der Waals surface area (Å²) in [4.78, 5) is 11.9. The normalized spacial score (nSPS) is 23.0. The van der Waals surface area contributed by atoms with E-state index in [1.165, 1.54) is 6.07 Å². The number of hydrogen-bond acceptors (Lipinski definition) is 3. The standard InChI is InChI=1S/C13H16INO3/c1-8-10(4-5-18-8)7-15-13(17)9-2-3-11(14)12(16)6-9/h2-3,6,8,10,16H,4-5,7H2,1H3,(H,15,17). The van der Waals surface area contributed by atoms with Gasteiger partial charge in [0.15, 0.2) is 0 Å². The third-order valence-corrected chi connectivity index (χ3v) is 4.18. The lowest BCUT2D eigenvalue weighted by atomic mass is 10.0. The van der Waals surface area contributed by atoms with E-state index in [-0.39, 0.29) is 17.8 Å². The summed E-state index contributed by atoms with van der Waals surface area (Å²) >= 11 is 2.02. The number of carbonyl (C=O) groups is 1. The van der Waals surface area contributed by atoms with Crippen molar-refractivity contribution in [2.45, 2.75) is 19.4 Å². The van der Waals surface area contributed by atoms with E-state index in [1.54, 1.807) is 12.1 Å². The molecule has 0 bridgehead atoms. The van der Waals surface area contributed by atoms with Crippen molar-refractivity contribution < 1.29 is 14.6 Å². The molecule has 0 aromatic heterocycles. The highest BCUT2D eigenvalue weighted by atomic mass is 127. The van der Waals surface area contributed by atoms with Gasteiger partial charge >= 0.3 is 0 Å². The van der Waals surface area contributed by atoms with E-state index < -0.39 is 0 Å². The molecule has 1 amide bonds. The summed E-state index contributed by atoms with van der Waals surface area (Å²) in [7, 11) is 0. The predicted molar refractivity (Wildman–Crippen MR) is 76.7 cm³/mol. The number of aromatic hydroxyl groups is 1. The SMILES string of the molecule is CC1OCCC1CNC(=O)c1ccc(I)c(O)c1. The minimum absolute atomic E-state index is 0.140. The van der Waals surface area contributed by atoms with Crippen molar-refractivity contribution in [2.24, 2.45) is 5.92 Å². The summed E-state index contributed by atoms with van der Waals surface area (Å²) in [6, 6.07) is 4.93. The third-order valence-electron chi connectivity index (χ3n) is 3.27. The maximum absolute atomic E-state index is 11.9. The largest absolute Gasteiger partial charge is 0.507 e. The molecule has 1 aliphatic heterocycles. The van der Waals surface area contributed by atoms with E-state index in [9.17, 15) is 9.90 Å². The third kappa shape index (κ3) is 3.14. The first kappa shape index (κ1) is 13.6. The van der Waals surface area contributed by atoms with Gasteiger partial charge in [0.1, 0.15) is 5.75 Å². The van der Waals surface area contributed by atoms with Gasteiger partial charge in [0.2, 0.25) is 0 Å². The molecule has 4 nitrogen and oxygen atoms in total. The van der Waals surface area contributed by atoms with Crippen LogP contribution in [0.25, 0.3) is 0 Å². The minimum atomic E-state index is -0.152. The Hall–Kier alpha value is -0.820. The van der Waals surface area contributed by atoms with Gasteiger partial charge in [-0.15, -0.1) is 0 Å². The summed E-state index contributed by atoms with van der Waals surface area (Å²) < 4.78 is 6.18. The molecule has 2 rings (SSSR count). The Morgan fingerprint density at radius 1 is 1.61 bits per heavy atom. The zero-order valence-electron chi connectivity index (χ0n) is 10.1. The summed E-state index contributed by atoms with van der Waals surface area (Å²) in [5.41, 5.74) is 0.486. The number of rotatable bonds is 3. The molecule has 5 heteroatoms. The Kier molecular flexibility index (Phi) is 4.45. The smallest absolute Gasteiger partial charge is 0.251 e. The Morgan fingerprint density at radius 2 is 2.39 bits per heavy atom. The van der Waals surface area contributed by atoms with Crippen LogP contribution in [-0.4, -0.2) is 30.3 Å². The predicted octanol–water partition coefficient (Wildman–Crippen LogP) is 2.15. The molecule has 0 spiro atoms. The maximum Gasteiger partial charge on any atom is 0.251 e. The van der Waals surface area contributed by atoms with E-state index >= 15 is 0 Å². The Labute approximate surface area is 120 Å². The van der Waals surface area contributed by atoms with E-state index in [2.05, 4.69) is 5.32 Å². The fourth-order valence-corrected chi connectivity index (χ4v) is 2.36. The van der Waals surface area contributed by atoms with Gasteiger partial charge in [-0.05, 0) is 54.1 Å². The molecule has 1 aliphatic rings. The first-order valence-electron chi connectivity index (χ1n) is 5.96. The lowest BCUT2D eigenvalue weighted by molar-refractivity contribution is 0.0907. The number of phenols is 1. The first-order chi connectivity index (χ1) is 8.58. The molecule has 0 saturated carbocycles. The van der Waals surface area contributed by atoms with Crippen LogP contribution < -0.4 is 5.32 Å². The number of amides is 1. The number of carbonyl (C=O) groups excluding carboxylic acids is 1. The first-order valence-corrected chi connectivity index (χ1v) is 7.04. The number of ether oxygens (including phenoxy) is 1. The van der Waals surface area contributed by atoms with Crippen LogP contribution in [0.2, 0.25) is 0 Å². The highest BCUT2D eigenvalue weighted by Crippen LogP contribution is 2.21. The maximum atomic E-state index is 11.9. The van der Waals surface area contributed by atoms with Crippen LogP contribution in [-0.2, 0) is 4.74 Å². The number of halogens is 1. The summed E-state index contributed by atoms with van der Waals surface area (Å²) in [5.74, 6) is 0.369. The van der Waals surface area contributed by atoms with Crippen molar-refractivity contribution in [3.8, 4) is 5.75 Å². The molecule has 1 saturated heterocycles. The van der Waals surface area contributed by atoms with Crippen molar-refractivity contribution >= 4 is 28.5 Å². The van der Waals surface area contributed by atoms with Gasteiger partial charge in [-0.25, -0.2) is 0 Å². The molecule has 1 fully saturated rings. The second-order valence-electron chi connectivity index (χ2n) is 4.50. The topological polar surface area (TPSA) is 58.6 Å². The van der Waals surface area contributed by atoms with Crippen LogP contribution in [0.5, 0.6) is 5.75 Å². The van der Waals surface area contributed by atoms with Gasteiger partial charge in [-0.3, -0.25) is 4.79 Å². The summed E-state index contributed by atoms with van der Waals surface area (Å²) in [6.07, 6.45) is 1.19. The van der Waals surface area contributed by atoms with Crippen molar-refractivity contribution in [1.29, 1.82) is 0 Å². The molecule has 2 unspecified atom stereocenters. The molecule has 2 atom stereocenters. The number of benzene rings is 1. The molecule has 2 N–H and O–H groups in total. The Balaban J connectivity index is 1.93. The lowest BCUT2D eigenvalue weighted by Gasteiger charge is -2.14. The molecule has 1 aromatic carbocycles. The summed E-state index contributed by atoms with van der Waals surface area (Å²) in [5, 5.41) is 12.4. The summed E-state index contributed by atoms with van der Waals surface area (Å²) in [6.45, 7) is 3.42. The van der Waals surface area contributed by atoms with Gasteiger partial charge in [-0.2, -0.15) is 0 Å². The highest BCUT2D eigenvalue weighted by molar-refractivity contribution is 14.1. The highest BCUT2D eigenvalue weighted by Gasteiger charge is 2.24. The second kappa shape index (κ2) is 5.88. The fraction of sp³-hybridized carbons (Fsp3) is 0.462. The van der Waals surface area contributed by atoms with Crippen LogP contribution >= 0.6 is 22.6 Å².